The second-order valence-electron chi connectivity index (χ2n) is 5.14. The van der Waals surface area contributed by atoms with E-state index in [0.717, 1.165) is 5.75 Å². The minimum absolute atomic E-state index is 0.0918. The van der Waals surface area contributed by atoms with Gasteiger partial charge in [0.15, 0.2) is 0 Å². The van der Waals surface area contributed by atoms with E-state index in [2.05, 4.69) is 4.72 Å². The van der Waals surface area contributed by atoms with Crippen molar-refractivity contribution in [2.45, 2.75) is 26.1 Å². The van der Waals surface area contributed by atoms with E-state index in [1.54, 1.807) is 0 Å². The Morgan fingerprint density at radius 2 is 1.86 bits per heavy atom. The van der Waals surface area contributed by atoms with Crippen molar-refractivity contribution in [3.05, 3.63) is 30.3 Å². The van der Waals surface area contributed by atoms with Crippen molar-refractivity contribution in [2.75, 3.05) is 26.2 Å². The van der Waals surface area contributed by atoms with E-state index < -0.39 is 10.2 Å². The summed E-state index contributed by atoms with van der Waals surface area (Å²) in [6.07, 6.45) is -0.184. The van der Waals surface area contributed by atoms with Crippen LogP contribution in [0.2, 0.25) is 0 Å². The lowest BCUT2D eigenvalue weighted by Gasteiger charge is -2.34. The van der Waals surface area contributed by atoms with Gasteiger partial charge in [-0.05, 0) is 26.0 Å². The molecule has 0 bridgehead atoms. The monoisotopic (exact) mass is 314 g/mol. The number of morpholine rings is 1. The molecule has 0 radical (unpaired) electrons. The Kier molecular flexibility index (Phi) is 5.58. The Balaban J connectivity index is 1.78. The summed E-state index contributed by atoms with van der Waals surface area (Å²) >= 11 is 0. The minimum atomic E-state index is -3.48. The number of para-hydroxylation sites is 1. The van der Waals surface area contributed by atoms with Gasteiger partial charge in [0.2, 0.25) is 0 Å². The van der Waals surface area contributed by atoms with Gasteiger partial charge in [0.05, 0.1) is 12.2 Å². The second-order valence-corrected chi connectivity index (χ2v) is 6.89. The first-order chi connectivity index (χ1) is 9.97. The average molecular weight is 314 g/mol. The molecule has 0 saturated carbocycles. The van der Waals surface area contributed by atoms with Crippen LogP contribution in [0.3, 0.4) is 0 Å². The molecule has 0 aliphatic carbocycles. The van der Waals surface area contributed by atoms with Crippen molar-refractivity contribution >= 4 is 10.2 Å². The Hall–Kier alpha value is -1.15. The van der Waals surface area contributed by atoms with E-state index >= 15 is 0 Å². The summed E-state index contributed by atoms with van der Waals surface area (Å²) in [5, 5.41) is 0. The van der Waals surface area contributed by atoms with Crippen LogP contribution in [-0.4, -0.2) is 51.2 Å². The van der Waals surface area contributed by atoms with E-state index in [4.69, 9.17) is 9.47 Å². The molecule has 1 aliphatic heterocycles. The molecule has 2 atom stereocenters. The molecule has 6 nitrogen and oxygen atoms in total. The zero-order valence-electron chi connectivity index (χ0n) is 12.4. The average Bonchev–Trinajstić information content (AvgIpc) is 2.44. The Morgan fingerprint density at radius 1 is 1.24 bits per heavy atom. The molecular weight excluding hydrogens is 292 g/mol. The van der Waals surface area contributed by atoms with Crippen LogP contribution < -0.4 is 9.46 Å². The highest BCUT2D eigenvalue weighted by Crippen LogP contribution is 2.13. The number of hydrogen-bond donors (Lipinski definition) is 1. The molecule has 7 heteroatoms. The van der Waals surface area contributed by atoms with Crippen molar-refractivity contribution in [2.24, 2.45) is 0 Å². The molecule has 21 heavy (non-hydrogen) atoms. The molecule has 118 valence electrons. The van der Waals surface area contributed by atoms with E-state index in [0.29, 0.717) is 19.7 Å². The van der Waals surface area contributed by atoms with Gasteiger partial charge in [-0.2, -0.15) is 17.4 Å². The third-order valence-corrected chi connectivity index (χ3v) is 4.67. The SMILES string of the molecule is C[C@@H]1CN(S(=O)(=O)NCCOc2ccccc2)C[C@H](C)O1. The molecule has 0 spiro atoms. The van der Waals surface area contributed by atoms with Crippen LogP contribution in [0.1, 0.15) is 13.8 Å². The van der Waals surface area contributed by atoms with Gasteiger partial charge in [-0.25, -0.2) is 0 Å². The summed E-state index contributed by atoms with van der Waals surface area (Å²) in [6.45, 7) is 5.02. The van der Waals surface area contributed by atoms with Gasteiger partial charge in [0, 0.05) is 19.6 Å². The molecule has 2 rings (SSSR count). The summed E-state index contributed by atoms with van der Waals surface area (Å²) in [6, 6.07) is 9.31. The topological polar surface area (TPSA) is 67.9 Å². The lowest BCUT2D eigenvalue weighted by atomic mass is 10.3. The molecule has 1 fully saturated rings. The summed E-state index contributed by atoms with van der Waals surface area (Å²) in [4.78, 5) is 0. The fraction of sp³-hybridized carbons (Fsp3) is 0.571. The third-order valence-electron chi connectivity index (χ3n) is 3.12. The lowest BCUT2D eigenvalue weighted by Crippen LogP contribution is -2.52. The standard InChI is InChI=1S/C14H22N2O4S/c1-12-10-16(11-13(2)20-12)21(17,18)15-8-9-19-14-6-4-3-5-7-14/h3-7,12-13,15H,8-11H2,1-2H3/t12-,13+. The Labute approximate surface area is 126 Å². The highest BCUT2D eigenvalue weighted by molar-refractivity contribution is 7.87. The van der Waals surface area contributed by atoms with Crippen LogP contribution in [-0.2, 0) is 14.9 Å². The summed E-state index contributed by atoms with van der Waals surface area (Å²) in [7, 11) is -3.48. The number of nitrogens with one attached hydrogen (secondary N) is 1. The molecule has 0 amide bonds. The second kappa shape index (κ2) is 7.22. The molecule has 1 aromatic rings. The van der Waals surface area contributed by atoms with Crippen LogP contribution in [0.5, 0.6) is 5.75 Å². The van der Waals surface area contributed by atoms with Crippen LogP contribution in [0, 0.1) is 0 Å². The predicted molar refractivity (Wildman–Crippen MR) is 80.4 cm³/mol. The summed E-state index contributed by atoms with van der Waals surface area (Å²) in [5.41, 5.74) is 0. The van der Waals surface area contributed by atoms with Gasteiger partial charge in [-0.15, -0.1) is 0 Å². The Morgan fingerprint density at radius 3 is 2.48 bits per heavy atom. The van der Waals surface area contributed by atoms with Crippen LogP contribution >= 0.6 is 0 Å². The number of hydrogen-bond acceptors (Lipinski definition) is 4. The van der Waals surface area contributed by atoms with Crippen LogP contribution in [0.25, 0.3) is 0 Å². The predicted octanol–water partition coefficient (Wildman–Crippen LogP) is 1.01. The molecule has 1 aromatic carbocycles. The first-order valence-corrected chi connectivity index (χ1v) is 8.49. The first-order valence-electron chi connectivity index (χ1n) is 7.05. The molecular formula is C14H22N2O4S. The van der Waals surface area contributed by atoms with Crippen molar-refractivity contribution < 1.29 is 17.9 Å². The van der Waals surface area contributed by atoms with Crippen molar-refractivity contribution in [1.82, 2.24) is 9.03 Å². The third kappa shape index (κ3) is 4.96. The smallest absolute Gasteiger partial charge is 0.279 e. The summed E-state index contributed by atoms with van der Waals surface area (Å²) in [5.74, 6) is 0.727. The lowest BCUT2D eigenvalue weighted by molar-refractivity contribution is -0.0444. The largest absolute Gasteiger partial charge is 0.492 e. The van der Waals surface area contributed by atoms with Gasteiger partial charge >= 0.3 is 0 Å². The zero-order chi connectivity index (χ0) is 15.3. The van der Waals surface area contributed by atoms with Gasteiger partial charge in [-0.1, -0.05) is 18.2 Å². The van der Waals surface area contributed by atoms with Crippen molar-refractivity contribution in [3.63, 3.8) is 0 Å². The van der Waals surface area contributed by atoms with E-state index in [-0.39, 0.29) is 18.8 Å². The highest BCUT2D eigenvalue weighted by Gasteiger charge is 2.30. The maximum Gasteiger partial charge on any atom is 0.279 e. The normalized spacial score (nSPS) is 23.9. The maximum absolute atomic E-state index is 12.2. The van der Waals surface area contributed by atoms with Gasteiger partial charge in [0.1, 0.15) is 12.4 Å². The number of benzene rings is 1. The van der Waals surface area contributed by atoms with Crippen LogP contribution in [0.4, 0.5) is 0 Å². The minimum Gasteiger partial charge on any atom is -0.492 e. The first kappa shape index (κ1) is 16.2. The zero-order valence-corrected chi connectivity index (χ0v) is 13.2. The quantitative estimate of drug-likeness (QED) is 0.796. The fourth-order valence-electron chi connectivity index (χ4n) is 2.27. The number of rotatable bonds is 6. The number of nitrogens with zero attached hydrogens (tertiary/aromatic N) is 1. The molecule has 1 aliphatic rings. The highest BCUT2D eigenvalue weighted by atomic mass is 32.2. The van der Waals surface area contributed by atoms with Gasteiger partial charge in [0.25, 0.3) is 10.2 Å². The molecule has 0 aromatic heterocycles. The van der Waals surface area contributed by atoms with Crippen molar-refractivity contribution in [1.29, 1.82) is 0 Å². The molecule has 1 heterocycles. The van der Waals surface area contributed by atoms with E-state index in [1.807, 2.05) is 44.2 Å². The fourth-order valence-corrected chi connectivity index (χ4v) is 3.61. The van der Waals surface area contributed by atoms with E-state index in [9.17, 15) is 8.42 Å². The molecule has 1 N–H and O–H groups in total. The van der Waals surface area contributed by atoms with Crippen molar-refractivity contribution in [3.8, 4) is 5.75 Å². The van der Waals surface area contributed by atoms with E-state index in [1.165, 1.54) is 4.31 Å². The maximum atomic E-state index is 12.2. The van der Waals surface area contributed by atoms with Gasteiger partial charge < -0.3 is 9.47 Å². The molecule has 1 saturated heterocycles. The van der Waals surface area contributed by atoms with Gasteiger partial charge in [-0.3, -0.25) is 0 Å². The van der Waals surface area contributed by atoms with Crippen LogP contribution in [0.15, 0.2) is 30.3 Å². The number of ether oxygens (including phenoxy) is 2. The molecule has 0 unspecified atom stereocenters. The Bertz CT molecular complexity index is 525. The summed E-state index contributed by atoms with van der Waals surface area (Å²) < 4.78 is 39.4.